The van der Waals surface area contributed by atoms with Crippen molar-refractivity contribution in [2.24, 2.45) is 0 Å². The van der Waals surface area contributed by atoms with Crippen LogP contribution >= 0.6 is 0 Å². The first kappa shape index (κ1) is 28.2. The minimum Gasteiger partial charge on any atom is -0.495 e. The fourth-order valence-corrected chi connectivity index (χ4v) is 4.45. The quantitative estimate of drug-likeness (QED) is 0.507. The van der Waals surface area contributed by atoms with Gasteiger partial charge in [0.25, 0.3) is 0 Å². The van der Waals surface area contributed by atoms with Gasteiger partial charge in [0, 0.05) is 12.6 Å². The van der Waals surface area contributed by atoms with Crippen molar-refractivity contribution in [2.45, 2.75) is 59.7 Å². The summed E-state index contributed by atoms with van der Waals surface area (Å²) in [6.45, 7) is 8.98. The molecule has 35 heavy (non-hydrogen) atoms. The average molecular weight is 504 g/mol. The highest BCUT2D eigenvalue weighted by Crippen LogP contribution is 2.31. The zero-order valence-electron chi connectivity index (χ0n) is 21.7. The van der Waals surface area contributed by atoms with Crippen LogP contribution in [0.25, 0.3) is 0 Å². The van der Waals surface area contributed by atoms with Crippen LogP contribution < -0.4 is 14.4 Å². The van der Waals surface area contributed by atoms with E-state index in [1.54, 1.807) is 25.1 Å². The lowest BCUT2D eigenvalue weighted by atomic mass is 10.1. The molecule has 0 spiro atoms. The molecule has 192 valence electrons. The van der Waals surface area contributed by atoms with Crippen molar-refractivity contribution in [1.29, 1.82) is 0 Å². The highest BCUT2D eigenvalue weighted by molar-refractivity contribution is 7.92. The number of aryl methyl sites for hydroxylation is 2. The molecule has 0 bridgehead atoms. The molecule has 0 aliphatic heterocycles. The van der Waals surface area contributed by atoms with Crippen molar-refractivity contribution in [1.82, 2.24) is 10.2 Å². The van der Waals surface area contributed by atoms with Gasteiger partial charge in [-0.25, -0.2) is 8.42 Å². The van der Waals surface area contributed by atoms with Crippen LogP contribution in [0.5, 0.6) is 5.75 Å². The fourth-order valence-electron chi connectivity index (χ4n) is 3.61. The molecule has 2 aromatic carbocycles. The van der Waals surface area contributed by atoms with Gasteiger partial charge in [-0.1, -0.05) is 37.3 Å². The predicted octanol–water partition coefficient (Wildman–Crippen LogP) is 3.41. The van der Waals surface area contributed by atoms with E-state index < -0.39 is 28.5 Å². The first-order chi connectivity index (χ1) is 16.4. The normalized spacial score (nSPS) is 13.0. The van der Waals surface area contributed by atoms with Crippen molar-refractivity contribution in [3.05, 3.63) is 59.2 Å². The summed E-state index contributed by atoms with van der Waals surface area (Å²) in [7, 11) is -2.39. The molecule has 9 heteroatoms. The van der Waals surface area contributed by atoms with Crippen LogP contribution in [-0.4, -0.2) is 57.1 Å². The maximum Gasteiger partial charge on any atom is 0.244 e. The molecule has 1 N–H and O–H groups in total. The van der Waals surface area contributed by atoms with E-state index in [0.29, 0.717) is 5.75 Å². The van der Waals surface area contributed by atoms with Gasteiger partial charge < -0.3 is 15.0 Å². The van der Waals surface area contributed by atoms with Crippen LogP contribution in [0.2, 0.25) is 0 Å². The molecule has 2 aromatic rings. The Morgan fingerprint density at radius 2 is 1.74 bits per heavy atom. The zero-order valence-corrected chi connectivity index (χ0v) is 22.5. The third kappa shape index (κ3) is 7.45. The molecular weight excluding hydrogens is 466 g/mol. The molecule has 0 aliphatic rings. The second kappa shape index (κ2) is 12.1. The first-order valence-corrected chi connectivity index (χ1v) is 13.5. The number of rotatable bonds is 11. The summed E-state index contributed by atoms with van der Waals surface area (Å²) in [5, 5.41) is 2.92. The standard InChI is InChI=1S/C26H37N3O5S/c1-8-20(4)27-26(31)21(5)28(16-22-12-10-9-11-19(22)3)25(30)17-29(35(7,32)33)23-15-18(2)13-14-24(23)34-6/h9-15,20-21H,8,16-17H2,1-7H3,(H,27,31)/t20-,21+/m1/s1. The highest BCUT2D eigenvalue weighted by Gasteiger charge is 2.31. The summed E-state index contributed by atoms with van der Waals surface area (Å²) in [5.74, 6) is -0.448. The Labute approximate surface area is 209 Å². The molecule has 0 radical (unpaired) electrons. The summed E-state index contributed by atoms with van der Waals surface area (Å²) in [5.41, 5.74) is 2.94. The number of nitrogens with zero attached hydrogens (tertiary/aromatic N) is 2. The van der Waals surface area contributed by atoms with Crippen molar-refractivity contribution in [3.8, 4) is 5.75 Å². The lowest BCUT2D eigenvalue weighted by Gasteiger charge is -2.32. The van der Waals surface area contributed by atoms with E-state index in [2.05, 4.69) is 5.32 Å². The molecule has 0 saturated heterocycles. The average Bonchev–Trinajstić information content (AvgIpc) is 2.80. The molecule has 0 aromatic heterocycles. The van der Waals surface area contributed by atoms with Crippen LogP contribution in [0.1, 0.15) is 43.9 Å². The Balaban J connectivity index is 2.47. The van der Waals surface area contributed by atoms with Crippen LogP contribution in [-0.2, 0) is 26.2 Å². The van der Waals surface area contributed by atoms with Gasteiger partial charge in [-0.3, -0.25) is 13.9 Å². The molecule has 0 heterocycles. The summed E-state index contributed by atoms with van der Waals surface area (Å²) in [6.07, 6.45) is 1.80. The minimum absolute atomic E-state index is 0.0514. The molecule has 8 nitrogen and oxygen atoms in total. The maximum atomic E-state index is 13.7. The van der Waals surface area contributed by atoms with Gasteiger partial charge in [0.1, 0.15) is 18.3 Å². The van der Waals surface area contributed by atoms with E-state index in [1.807, 2.05) is 52.0 Å². The van der Waals surface area contributed by atoms with E-state index in [9.17, 15) is 18.0 Å². The van der Waals surface area contributed by atoms with E-state index in [-0.39, 0.29) is 24.2 Å². The van der Waals surface area contributed by atoms with Gasteiger partial charge in [0.15, 0.2) is 0 Å². The summed E-state index contributed by atoms with van der Waals surface area (Å²) >= 11 is 0. The number of methoxy groups -OCH3 is 1. The Hall–Kier alpha value is -3.07. The number of amides is 2. The van der Waals surface area contributed by atoms with Crippen molar-refractivity contribution < 1.29 is 22.7 Å². The van der Waals surface area contributed by atoms with Crippen LogP contribution in [0.4, 0.5) is 5.69 Å². The largest absolute Gasteiger partial charge is 0.495 e. The molecule has 0 unspecified atom stereocenters. The topological polar surface area (TPSA) is 96.0 Å². The minimum atomic E-state index is -3.84. The van der Waals surface area contributed by atoms with Crippen LogP contribution in [0.3, 0.4) is 0 Å². The van der Waals surface area contributed by atoms with Crippen LogP contribution in [0.15, 0.2) is 42.5 Å². The molecule has 0 aliphatic carbocycles. The van der Waals surface area contributed by atoms with Gasteiger partial charge >= 0.3 is 0 Å². The number of carbonyl (C=O) groups excluding carboxylic acids is 2. The molecular formula is C26H37N3O5S. The summed E-state index contributed by atoms with van der Waals surface area (Å²) in [4.78, 5) is 28.1. The predicted molar refractivity (Wildman–Crippen MR) is 139 cm³/mol. The van der Waals surface area contributed by atoms with E-state index in [1.165, 1.54) is 12.0 Å². The number of carbonyl (C=O) groups is 2. The van der Waals surface area contributed by atoms with E-state index in [4.69, 9.17) is 4.74 Å². The van der Waals surface area contributed by atoms with Gasteiger partial charge in [0.05, 0.1) is 19.1 Å². The SMILES string of the molecule is CC[C@@H](C)NC(=O)[C@H](C)N(Cc1ccccc1C)C(=O)CN(c1cc(C)ccc1OC)S(C)(=O)=O. The lowest BCUT2D eigenvalue weighted by Crippen LogP contribution is -2.52. The van der Waals surface area contributed by atoms with Gasteiger partial charge in [-0.2, -0.15) is 0 Å². The first-order valence-electron chi connectivity index (χ1n) is 11.7. The Morgan fingerprint density at radius 3 is 2.31 bits per heavy atom. The zero-order chi connectivity index (χ0) is 26.3. The number of hydrogen-bond acceptors (Lipinski definition) is 5. The highest BCUT2D eigenvalue weighted by atomic mass is 32.2. The van der Waals surface area contributed by atoms with Crippen molar-refractivity contribution in [2.75, 3.05) is 24.2 Å². The molecule has 2 amide bonds. The maximum absolute atomic E-state index is 13.7. The molecule has 2 atom stereocenters. The molecule has 0 saturated carbocycles. The Morgan fingerprint density at radius 1 is 1.09 bits per heavy atom. The monoisotopic (exact) mass is 503 g/mol. The van der Waals surface area contributed by atoms with Crippen LogP contribution in [0, 0.1) is 13.8 Å². The third-order valence-electron chi connectivity index (χ3n) is 6.05. The Kier molecular flexibility index (Phi) is 9.71. The van der Waals surface area contributed by atoms with Crippen molar-refractivity contribution in [3.63, 3.8) is 0 Å². The molecule has 2 rings (SSSR count). The number of hydrogen-bond donors (Lipinski definition) is 1. The number of anilines is 1. The fraction of sp³-hybridized carbons (Fsp3) is 0.462. The summed E-state index contributed by atoms with van der Waals surface area (Å²) < 4.78 is 32.0. The second-order valence-electron chi connectivity index (χ2n) is 8.89. The van der Waals surface area contributed by atoms with Gasteiger partial charge in [-0.15, -0.1) is 0 Å². The lowest BCUT2D eigenvalue weighted by molar-refractivity contribution is -0.139. The number of nitrogens with one attached hydrogen (secondary N) is 1. The number of ether oxygens (including phenoxy) is 1. The number of benzene rings is 2. The summed E-state index contributed by atoms with van der Waals surface area (Å²) in [6, 6.07) is 11.9. The van der Waals surface area contributed by atoms with Gasteiger partial charge in [0.2, 0.25) is 21.8 Å². The smallest absolute Gasteiger partial charge is 0.244 e. The van der Waals surface area contributed by atoms with E-state index in [0.717, 1.165) is 33.7 Å². The second-order valence-corrected chi connectivity index (χ2v) is 10.8. The molecule has 0 fully saturated rings. The van der Waals surface area contributed by atoms with Crippen molar-refractivity contribution >= 4 is 27.5 Å². The Bertz CT molecular complexity index is 1150. The van der Waals surface area contributed by atoms with E-state index >= 15 is 0 Å². The van der Waals surface area contributed by atoms with Gasteiger partial charge in [-0.05, 0) is 62.9 Å². The number of sulfonamides is 1. The third-order valence-corrected chi connectivity index (χ3v) is 7.18.